The zero-order valence-electron chi connectivity index (χ0n) is 10.2. The number of aromatic nitrogens is 2. The first kappa shape index (κ1) is 12.3. The van der Waals surface area contributed by atoms with Crippen LogP contribution in [-0.4, -0.2) is 41.1 Å². The minimum Gasteiger partial charge on any atom is -0.390 e. The molecule has 1 unspecified atom stereocenters. The SMILES string of the molecule is CCN(CC1CCCO1)c1ccc(CO)nn1. The van der Waals surface area contributed by atoms with E-state index in [9.17, 15) is 0 Å². The van der Waals surface area contributed by atoms with Crippen LogP contribution in [0, 0.1) is 0 Å². The van der Waals surface area contributed by atoms with Gasteiger partial charge in [-0.25, -0.2) is 0 Å². The van der Waals surface area contributed by atoms with Crippen LogP contribution in [0.15, 0.2) is 12.1 Å². The van der Waals surface area contributed by atoms with Gasteiger partial charge in [0.15, 0.2) is 5.82 Å². The molecule has 1 aromatic heterocycles. The van der Waals surface area contributed by atoms with Gasteiger partial charge in [0.1, 0.15) is 0 Å². The average Bonchev–Trinajstić information content (AvgIpc) is 2.89. The van der Waals surface area contributed by atoms with E-state index >= 15 is 0 Å². The molecule has 1 saturated heterocycles. The highest BCUT2D eigenvalue weighted by Crippen LogP contribution is 2.17. The number of rotatable bonds is 5. The molecule has 0 radical (unpaired) electrons. The van der Waals surface area contributed by atoms with E-state index in [1.165, 1.54) is 0 Å². The third-order valence-electron chi connectivity index (χ3n) is 3.02. The molecular formula is C12H19N3O2. The number of aliphatic hydroxyl groups is 1. The van der Waals surface area contributed by atoms with Gasteiger partial charge in [-0.05, 0) is 31.9 Å². The number of likely N-dealkylation sites (N-methyl/N-ethyl adjacent to an activating group) is 1. The first-order chi connectivity index (χ1) is 8.33. The summed E-state index contributed by atoms with van der Waals surface area (Å²) in [6, 6.07) is 3.71. The van der Waals surface area contributed by atoms with Crippen LogP contribution in [0.5, 0.6) is 0 Å². The van der Waals surface area contributed by atoms with Crippen LogP contribution in [0.25, 0.3) is 0 Å². The van der Waals surface area contributed by atoms with Gasteiger partial charge in [-0.2, -0.15) is 5.10 Å². The first-order valence-electron chi connectivity index (χ1n) is 6.13. The molecule has 1 fully saturated rings. The summed E-state index contributed by atoms with van der Waals surface area (Å²) in [7, 11) is 0. The molecule has 0 spiro atoms. The molecule has 2 heterocycles. The molecule has 5 nitrogen and oxygen atoms in total. The molecule has 5 heteroatoms. The van der Waals surface area contributed by atoms with E-state index in [-0.39, 0.29) is 6.61 Å². The summed E-state index contributed by atoms with van der Waals surface area (Å²) < 4.78 is 5.62. The molecule has 0 saturated carbocycles. The number of hydrogen-bond donors (Lipinski definition) is 1. The molecule has 0 aromatic carbocycles. The number of ether oxygens (including phenoxy) is 1. The van der Waals surface area contributed by atoms with Crippen LogP contribution in [0.4, 0.5) is 5.82 Å². The molecule has 0 aliphatic carbocycles. The highest BCUT2D eigenvalue weighted by Gasteiger charge is 2.19. The Bertz CT molecular complexity index is 336. The third kappa shape index (κ3) is 3.14. The lowest BCUT2D eigenvalue weighted by molar-refractivity contribution is 0.115. The lowest BCUT2D eigenvalue weighted by atomic mass is 10.2. The highest BCUT2D eigenvalue weighted by atomic mass is 16.5. The molecule has 1 aliphatic heterocycles. The first-order valence-corrected chi connectivity index (χ1v) is 6.13. The Balaban J connectivity index is 2.00. The van der Waals surface area contributed by atoms with Crippen LogP contribution < -0.4 is 4.90 Å². The van der Waals surface area contributed by atoms with E-state index in [4.69, 9.17) is 9.84 Å². The van der Waals surface area contributed by atoms with Gasteiger partial charge in [0.2, 0.25) is 0 Å². The highest BCUT2D eigenvalue weighted by molar-refractivity contribution is 5.37. The van der Waals surface area contributed by atoms with Crippen molar-refractivity contribution in [3.63, 3.8) is 0 Å². The average molecular weight is 237 g/mol. The molecule has 1 aliphatic rings. The van der Waals surface area contributed by atoms with Gasteiger partial charge in [0.05, 0.1) is 18.4 Å². The van der Waals surface area contributed by atoms with Crippen molar-refractivity contribution in [1.29, 1.82) is 0 Å². The standard InChI is InChI=1S/C12H19N3O2/c1-2-15(8-11-4-3-7-17-11)12-6-5-10(9-16)13-14-12/h5-6,11,16H,2-4,7-9H2,1H3. The predicted molar refractivity (Wildman–Crippen MR) is 64.8 cm³/mol. The number of nitrogens with zero attached hydrogens (tertiary/aromatic N) is 3. The lowest BCUT2D eigenvalue weighted by Crippen LogP contribution is -2.32. The van der Waals surface area contributed by atoms with Crippen molar-refractivity contribution in [2.45, 2.75) is 32.5 Å². The molecule has 1 aromatic rings. The fourth-order valence-electron chi connectivity index (χ4n) is 2.02. The van der Waals surface area contributed by atoms with Crippen molar-refractivity contribution in [3.8, 4) is 0 Å². The van der Waals surface area contributed by atoms with Gasteiger partial charge in [0, 0.05) is 19.7 Å². The second-order valence-corrected chi connectivity index (χ2v) is 4.21. The Hall–Kier alpha value is -1.20. The summed E-state index contributed by atoms with van der Waals surface area (Å²) in [4.78, 5) is 2.16. The maximum absolute atomic E-state index is 8.92. The topological polar surface area (TPSA) is 58.5 Å². The number of hydrogen-bond acceptors (Lipinski definition) is 5. The number of anilines is 1. The van der Waals surface area contributed by atoms with Crippen molar-refractivity contribution >= 4 is 5.82 Å². The monoisotopic (exact) mass is 237 g/mol. The van der Waals surface area contributed by atoms with Crippen molar-refractivity contribution in [2.24, 2.45) is 0 Å². The Morgan fingerprint density at radius 1 is 1.47 bits per heavy atom. The van der Waals surface area contributed by atoms with E-state index in [2.05, 4.69) is 22.0 Å². The maximum Gasteiger partial charge on any atom is 0.151 e. The van der Waals surface area contributed by atoms with Crippen molar-refractivity contribution in [1.82, 2.24) is 10.2 Å². The van der Waals surface area contributed by atoms with E-state index in [1.807, 2.05) is 6.07 Å². The van der Waals surface area contributed by atoms with Crippen molar-refractivity contribution in [2.75, 3.05) is 24.6 Å². The largest absolute Gasteiger partial charge is 0.390 e. The van der Waals surface area contributed by atoms with Gasteiger partial charge in [-0.1, -0.05) is 0 Å². The Labute approximate surface area is 101 Å². The van der Waals surface area contributed by atoms with Gasteiger partial charge in [-0.3, -0.25) is 0 Å². The normalized spacial score (nSPS) is 19.5. The van der Waals surface area contributed by atoms with Gasteiger partial charge >= 0.3 is 0 Å². The molecule has 0 amide bonds. The fourth-order valence-corrected chi connectivity index (χ4v) is 2.02. The molecule has 2 rings (SSSR count). The molecule has 1 N–H and O–H groups in total. The van der Waals surface area contributed by atoms with Crippen LogP contribution in [0.3, 0.4) is 0 Å². The van der Waals surface area contributed by atoms with E-state index in [0.29, 0.717) is 11.8 Å². The lowest BCUT2D eigenvalue weighted by Gasteiger charge is -2.24. The molecule has 0 bridgehead atoms. The zero-order chi connectivity index (χ0) is 12.1. The Morgan fingerprint density at radius 2 is 2.35 bits per heavy atom. The minimum absolute atomic E-state index is 0.0643. The quantitative estimate of drug-likeness (QED) is 0.827. The summed E-state index contributed by atoms with van der Waals surface area (Å²) in [6.07, 6.45) is 2.59. The van der Waals surface area contributed by atoms with E-state index in [0.717, 1.165) is 38.4 Å². The van der Waals surface area contributed by atoms with Crippen LogP contribution in [0.2, 0.25) is 0 Å². The second kappa shape index (κ2) is 5.93. The van der Waals surface area contributed by atoms with Crippen molar-refractivity contribution in [3.05, 3.63) is 17.8 Å². The molecule has 1 atom stereocenters. The fraction of sp³-hybridized carbons (Fsp3) is 0.667. The van der Waals surface area contributed by atoms with Crippen LogP contribution >= 0.6 is 0 Å². The Morgan fingerprint density at radius 3 is 2.88 bits per heavy atom. The third-order valence-corrected chi connectivity index (χ3v) is 3.02. The van der Waals surface area contributed by atoms with Gasteiger partial charge in [-0.15, -0.1) is 5.10 Å². The Kier molecular flexibility index (Phi) is 4.28. The number of aliphatic hydroxyl groups excluding tert-OH is 1. The van der Waals surface area contributed by atoms with Crippen LogP contribution in [-0.2, 0) is 11.3 Å². The molecule has 17 heavy (non-hydrogen) atoms. The van der Waals surface area contributed by atoms with Crippen LogP contribution in [0.1, 0.15) is 25.5 Å². The minimum atomic E-state index is -0.0643. The molecular weight excluding hydrogens is 218 g/mol. The van der Waals surface area contributed by atoms with Crippen molar-refractivity contribution < 1.29 is 9.84 Å². The smallest absolute Gasteiger partial charge is 0.151 e. The maximum atomic E-state index is 8.92. The summed E-state index contributed by atoms with van der Waals surface area (Å²) in [5.74, 6) is 0.847. The summed E-state index contributed by atoms with van der Waals surface area (Å²) in [5.41, 5.74) is 0.599. The van der Waals surface area contributed by atoms with E-state index in [1.54, 1.807) is 6.07 Å². The summed E-state index contributed by atoms with van der Waals surface area (Å²) in [5, 5.41) is 17.0. The summed E-state index contributed by atoms with van der Waals surface area (Å²) >= 11 is 0. The van der Waals surface area contributed by atoms with Gasteiger partial charge in [0.25, 0.3) is 0 Å². The van der Waals surface area contributed by atoms with Gasteiger partial charge < -0.3 is 14.7 Å². The zero-order valence-corrected chi connectivity index (χ0v) is 10.2. The molecule has 94 valence electrons. The van der Waals surface area contributed by atoms with E-state index < -0.39 is 0 Å². The summed E-state index contributed by atoms with van der Waals surface area (Å²) in [6.45, 7) is 4.65. The predicted octanol–water partition coefficient (Wildman–Crippen LogP) is 0.974. The second-order valence-electron chi connectivity index (χ2n) is 4.21.